The van der Waals surface area contributed by atoms with Gasteiger partial charge in [0.2, 0.25) is 10.0 Å². The van der Waals surface area contributed by atoms with Gasteiger partial charge < -0.3 is 5.32 Å². The molecule has 8 heteroatoms. The molecule has 1 amide bonds. The van der Waals surface area contributed by atoms with Gasteiger partial charge in [0.15, 0.2) is 0 Å². The smallest absolute Gasteiger partial charge is 0.251 e. The predicted molar refractivity (Wildman–Crippen MR) is 114 cm³/mol. The maximum Gasteiger partial charge on any atom is 0.251 e. The van der Waals surface area contributed by atoms with E-state index in [4.69, 9.17) is 11.6 Å². The van der Waals surface area contributed by atoms with E-state index in [0.717, 1.165) is 22.1 Å². The van der Waals surface area contributed by atoms with Crippen LogP contribution in [0.25, 0.3) is 0 Å². The Morgan fingerprint density at radius 3 is 2.52 bits per heavy atom. The summed E-state index contributed by atoms with van der Waals surface area (Å²) in [6, 6.07) is 14.3. The van der Waals surface area contributed by atoms with Gasteiger partial charge in [-0.1, -0.05) is 23.7 Å². The second-order valence-corrected chi connectivity index (χ2v) is 9.68. The van der Waals surface area contributed by atoms with Gasteiger partial charge in [-0.15, -0.1) is 0 Å². The van der Waals surface area contributed by atoms with Crippen LogP contribution in [-0.4, -0.2) is 39.4 Å². The third-order valence-electron chi connectivity index (χ3n) is 3.96. The molecule has 0 unspecified atom stereocenters. The Morgan fingerprint density at radius 2 is 1.89 bits per heavy atom. The monoisotopic (exact) mass is 426 g/mol. The summed E-state index contributed by atoms with van der Waals surface area (Å²) >= 11 is 7.67. The zero-order chi connectivity index (χ0) is 19.9. The number of hydrogen-bond donors (Lipinski definition) is 1. The molecule has 2 rings (SSSR count). The second kappa shape index (κ2) is 10.0. The van der Waals surface area contributed by atoms with Gasteiger partial charge in [0.1, 0.15) is 0 Å². The number of nitrogens with one attached hydrogen (secondary N) is 1. The van der Waals surface area contributed by atoms with E-state index in [2.05, 4.69) is 5.32 Å². The molecule has 2 aromatic rings. The number of sulfonamides is 1. The molecule has 1 N–H and O–H groups in total. The molecule has 146 valence electrons. The van der Waals surface area contributed by atoms with Crippen LogP contribution in [0.5, 0.6) is 0 Å². The van der Waals surface area contributed by atoms with E-state index in [1.807, 2.05) is 24.3 Å². The Balaban J connectivity index is 1.79. The Hall–Kier alpha value is -1.70. The number of halogens is 1. The molecule has 0 aliphatic heterocycles. The molecule has 0 atom stereocenters. The van der Waals surface area contributed by atoms with E-state index >= 15 is 0 Å². The summed E-state index contributed by atoms with van der Waals surface area (Å²) in [6.45, 7) is 2.15. The summed E-state index contributed by atoms with van der Waals surface area (Å²) in [5.74, 6) is 1.47. The summed E-state index contributed by atoms with van der Waals surface area (Å²) in [5.41, 5.74) is 2.19. The average molecular weight is 427 g/mol. The highest BCUT2D eigenvalue weighted by Crippen LogP contribution is 2.18. The van der Waals surface area contributed by atoms with Crippen LogP contribution in [0.15, 0.2) is 48.5 Å². The van der Waals surface area contributed by atoms with Crippen molar-refractivity contribution in [3.63, 3.8) is 0 Å². The van der Waals surface area contributed by atoms with Crippen LogP contribution >= 0.6 is 23.4 Å². The van der Waals surface area contributed by atoms with Crippen LogP contribution in [0, 0.1) is 0 Å². The summed E-state index contributed by atoms with van der Waals surface area (Å²) in [5, 5.41) is 3.59. The molecule has 0 saturated carbocycles. The first kappa shape index (κ1) is 21.6. The molecule has 0 heterocycles. The lowest BCUT2D eigenvalue weighted by Gasteiger charge is -2.18. The average Bonchev–Trinajstić information content (AvgIpc) is 2.67. The summed E-state index contributed by atoms with van der Waals surface area (Å²) in [6.07, 6.45) is 0. The molecule has 0 aliphatic rings. The Bertz CT molecular complexity index is 871. The fourth-order valence-electron chi connectivity index (χ4n) is 2.33. The van der Waals surface area contributed by atoms with Crippen molar-refractivity contribution in [2.75, 3.05) is 29.4 Å². The van der Waals surface area contributed by atoms with Crippen molar-refractivity contribution >= 4 is 45.0 Å². The number of nitrogens with zero attached hydrogens (tertiary/aromatic N) is 1. The van der Waals surface area contributed by atoms with E-state index in [9.17, 15) is 13.2 Å². The van der Waals surface area contributed by atoms with Crippen LogP contribution in [0.3, 0.4) is 0 Å². The zero-order valence-electron chi connectivity index (χ0n) is 15.3. The van der Waals surface area contributed by atoms with Crippen LogP contribution < -0.4 is 9.62 Å². The molecule has 0 radical (unpaired) electrons. The zero-order valence-corrected chi connectivity index (χ0v) is 17.7. The van der Waals surface area contributed by atoms with Gasteiger partial charge in [0, 0.05) is 35.7 Å². The minimum absolute atomic E-state index is 0.0264. The minimum Gasteiger partial charge on any atom is -0.351 e. The van der Waals surface area contributed by atoms with Gasteiger partial charge in [-0.05, 0) is 48.9 Å². The molecule has 0 bridgehead atoms. The van der Waals surface area contributed by atoms with Gasteiger partial charge >= 0.3 is 0 Å². The first-order valence-corrected chi connectivity index (χ1v) is 11.6. The van der Waals surface area contributed by atoms with Gasteiger partial charge in [0.05, 0.1) is 11.4 Å². The molecular weight excluding hydrogens is 404 g/mol. The van der Waals surface area contributed by atoms with Crippen molar-refractivity contribution in [2.45, 2.75) is 12.7 Å². The van der Waals surface area contributed by atoms with Crippen LogP contribution in [0.4, 0.5) is 5.69 Å². The second-order valence-electron chi connectivity index (χ2n) is 5.85. The van der Waals surface area contributed by atoms with E-state index in [-0.39, 0.29) is 11.7 Å². The quantitative estimate of drug-likeness (QED) is 0.619. The molecular formula is C19H23ClN2O3S2. The molecule has 0 spiro atoms. The molecule has 0 saturated heterocycles. The fraction of sp³-hybridized carbons (Fsp3) is 0.316. The molecule has 27 heavy (non-hydrogen) atoms. The maximum atomic E-state index is 12.2. The van der Waals surface area contributed by atoms with E-state index < -0.39 is 10.0 Å². The number of benzene rings is 2. The summed E-state index contributed by atoms with van der Waals surface area (Å²) in [4.78, 5) is 12.2. The summed E-state index contributed by atoms with van der Waals surface area (Å²) in [7, 11) is -1.80. The highest BCUT2D eigenvalue weighted by Gasteiger charge is 2.16. The first-order valence-electron chi connectivity index (χ1n) is 8.50. The predicted octanol–water partition coefficient (Wildman–Crippen LogP) is 3.79. The van der Waals surface area contributed by atoms with Crippen molar-refractivity contribution in [1.82, 2.24) is 5.32 Å². The highest BCUT2D eigenvalue weighted by atomic mass is 35.5. The van der Waals surface area contributed by atoms with Gasteiger partial charge in [0.25, 0.3) is 5.91 Å². The van der Waals surface area contributed by atoms with E-state index in [1.165, 1.54) is 11.4 Å². The molecule has 0 aromatic heterocycles. The lowest BCUT2D eigenvalue weighted by atomic mass is 10.2. The van der Waals surface area contributed by atoms with Gasteiger partial charge in [-0.2, -0.15) is 11.8 Å². The molecule has 2 aromatic carbocycles. The SMILES string of the molecule is CCS(=O)(=O)N(C)c1ccc(C(=O)NCCSCc2cccc(Cl)c2)cc1. The van der Waals surface area contributed by atoms with Crippen LogP contribution in [0.1, 0.15) is 22.8 Å². The lowest BCUT2D eigenvalue weighted by Crippen LogP contribution is -2.28. The number of amides is 1. The largest absolute Gasteiger partial charge is 0.351 e. The summed E-state index contributed by atoms with van der Waals surface area (Å²) < 4.78 is 25.0. The number of rotatable bonds is 9. The molecule has 5 nitrogen and oxygen atoms in total. The number of carbonyl (C=O) groups excluding carboxylic acids is 1. The van der Waals surface area contributed by atoms with Gasteiger partial charge in [-0.25, -0.2) is 8.42 Å². The van der Waals surface area contributed by atoms with Crippen molar-refractivity contribution in [3.05, 3.63) is 64.7 Å². The third kappa shape index (κ3) is 6.45. The Kier molecular flexibility index (Phi) is 8.01. The topological polar surface area (TPSA) is 66.5 Å². The van der Waals surface area contributed by atoms with E-state index in [1.54, 1.807) is 43.0 Å². The Labute approximate surface area is 170 Å². The fourth-order valence-corrected chi connectivity index (χ4v) is 4.18. The molecule has 0 fully saturated rings. The maximum absolute atomic E-state index is 12.2. The highest BCUT2D eigenvalue weighted by molar-refractivity contribution is 7.98. The number of anilines is 1. The van der Waals surface area contributed by atoms with Crippen molar-refractivity contribution in [3.8, 4) is 0 Å². The van der Waals surface area contributed by atoms with Crippen molar-refractivity contribution < 1.29 is 13.2 Å². The van der Waals surface area contributed by atoms with Gasteiger partial charge in [-0.3, -0.25) is 9.10 Å². The van der Waals surface area contributed by atoms with Crippen molar-refractivity contribution in [1.29, 1.82) is 0 Å². The molecule has 0 aliphatic carbocycles. The number of thioether (sulfide) groups is 1. The van der Waals surface area contributed by atoms with Crippen LogP contribution in [-0.2, 0) is 15.8 Å². The third-order valence-corrected chi connectivity index (χ3v) is 7.01. The first-order chi connectivity index (χ1) is 12.8. The van der Waals surface area contributed by atoms with Crippen molar-refractivity contribution in [2.24, 2.45) is 0 Å². The lowest BCUT2D eigenvalue weighted by molar-refractivity contribution is 0.0956. The standard InChI is InChI=1S/C19H23ClN2O3S2/c1-3-27(24,25)22(2)18-9-7-16(8-10-18)19(23)21-11-12-26-14-15-5-4-6-17(20)13-15/h4-10,13H,3,11-12,14H2,1-2H3,(H,21,23). The number of hydrogen-bond acceptors (Lipinski definition) is 4. The number of carbonyl (C=O) groups is 1. The van der Waals surface area contributed by atoms with E-state index in [0.29, 0.717) is 17.8 Å². The minimum atomic E-state index is -3.31. The van der Waals surface area contributed by atoms with Crippen LogP contribution in [0.2, 0.25) is 5.02 Å². The normalized spacial score (nSPS) is 11.2. The Morgan fingerprint density at radius 1 is 1.19 bits per heavy atom.